The third kappa shape index (κ3) is 4.16. The van der Waals surface area contributed by atoms with Gasteiger partial charge in [-0.15, -0.1) is 0 Å². The Balaban J connectivity index is 1.71. The van der Waals surface area contributed by atoms with E-state index in [0.29, 0.717) is 12.4 Å². The molecule has 1 unspecified atom stereocenters. The number of rotatable bonds is 5. The number of benzene rings is 1. The quantitative estimate of drug-likeness (QED) is 0.748. The van der Waals surface area contributed by atoms with Crippen LogP contribution in [0.25, 0.3) is 0 Å². The highest BCUT2D eigenvalue weighted by atomic mass is 32.2. The maximum absolute atomic E-state index is 12.7. The molecule has 4 rings (SSSR count). The number of hydrogen-bond donors (Lipinski definition) is 0. The van der Waals surface area contributed by atoms with Crippen molar-refractivity contribution in [2.45, 2.75) is 58.5 Å². The van der Waals surface area contributed by atoms with Crippen molar-refractivity contribution in [3.05, 3.63) is 53.0 Å². The van der Waals surface area contributed by atoms with Gasteiger partial charge in [0.15, 0.2) is 0 Å². The van der Waals surface area contributed by atoms with E-state index in [-0.39, 0.29) is 11.8 Å². The van der Waals surface area contributed by atoms with Gasteiger partial charge in [0.1, 0.15) is 11.6 Å². The first-order chi connectivity index (χ1) is 14.0. The summed E-state index contributed by atoms with van der Waals surface area (Å²) in [6, 6.07) is 10.2. The molecule has 1 atom stereocenters. The minimum atomic E-state index is -3.28. The molecule has 0 bridgehead atoms. The lowest BCUT2D eigenvalue weighted by Gasteiger charge is -2.36. The Morgan fingerprint density at radius 2 is 1.86 bits per heavy atom. The SMILES string of the molecule is CCS(=O)(=O)N1CCCCC1c1nc(C)c2c(n1)N(Cc1ccccc1)CCC2. The number of sulfonamides is 1. The van der Waals surface area contributed by atoms with Crippen LogP contribution in [0.3, 0.4) is 0 Å². The highest BCUT2D eigenvalue weighted by Gasteiger charge is 2.35. The van der Waals surface area contributed by atoms with E-state index in [9.17, 15) is 8.42 Å². The van der Waals surface area contributed by atoms with Crippen molar-refractivity contribution in [2.24, 2.45) is 0 Å². The van der Waals surface area contributed by atoms with Crippen LogP contribution in [0.4, 0.5) is 5.82 Å². The first-order valence-electron chi connectivity index (χ1n) is 10.7. The molecule has 1 fully saturated rings. The Labute approximate surface area is 174 Å². The average Bonchev–Trinajstić information content (AvgIpc) is 2.75. The fraction of sp³-hybridized carbons (Fsp3) is 0.545. The molecule has 29 heavy (non-hydrogen) atoms. The van der Waals surface area contributed by atoms with Crippen LogP contribution >= 0.6 is 0 Å². The minimum absolute atomic E-state index is 0.119. The van der Waals surface area contributed by atoms with Gasteiger partial charge in [0.25, 0.3) is 0 Å². The minimum Gasteiger partial charge on any atom is -0.352 e. The monoisotopic (exact) mass is 414 g/mol. The normalized spacial score (nSPS) is 20.5. The second-order valence-electron chi connectivity index (χ2n) is 8.00. The second kappa shape index (κ2) is 8.40. The first-order valence-corrected chi connectivity index (χ1v) is 12.3. The molecule has 156 valence electrons. The van der Waals surface area contributed by atoms with Crippen LogP contribution < -0.4 is 4.90 Å². The number of fused-ring (bicyclic) bond motifs is 1. The van der Waals surface area contributed by atoms with E-state index in [1.807, 2.05) is 13.0 Å². The summed E-state index contributed by atoms with van der Waals surface area (Å²) < 4.78 is 27.0. The maximum Gasteiger partial charge on any atom is 0.214 e. The zero-order valence-electron chi connectivity index (χ0n) is 17.3. The van der Waals surface area contributed by atoms with Gasteiger partial charge in [-0.1, -0.05) is 36.8 Å². The van der Waals surface area contributed by atoms with E-state index >= 15 is 0 Å². The Bertz CT molecular complexity index is 962. The van der Waals surface area contributed by atoms with Gasteiger partial charge in [0.05, 0.1) is 11.8 Å². The van der Waals surface area contributed by atoms with Crippen LogP contribution in [-0.4, -0.2) is 41.5 Å². The molecule has 3 heterocycles. The maximum atomic E-state index is 12.7. The van der Waals surface area contributed by atoms with Gasteiger partial charge in [-0.05, 0) is 45.1 Å². The molecule has 7 heteroatoms. The van der Waals surface area contributed by atoms with E-state index in [2.05, 4.69) is 29.2 Å². The number of nitrogens with zero attached hydrogens (tertiary/aromatic N) is 4. The standard InChI is InChI=1S/C22H30N4O2S/c1-3-29(27,28)26-15-8-7-13-20(26)21-23-17(2)19-12-9-14-25(22(19)24-21)16-18-10-5-4-6-11-18/h4-6,10-11,20H,3,7-9,12-16H2,1-2H3. The highest BCUT2D eigenvalue weighted by Crippen LogP contribution is 2.35. The van der Waals surface area contributed by atoms with Crippen LogP contribution in [0, 0.1) is 6.92 Å². The van der Waals surface area contributed by atoms with Gasteiger partial charge < -0.3 is 4.90 Å². The zero-order valence-corrected chi connectivity index (χ0v) is 18.2. The summed E-state index contributed by atoms with van der Waals surface area (Å²) in [4.78, 5) is 12.1. The summed E-state index contributed by atoms with van der Waals surface area (Å²) >= 11 is 0. The lowest BCUT2D eigenvalue weighted by molar-refractivity contribution is 0.246. The number of anilines is 1. The molecule has 1 aromatic heterocycles. The summed E-state index contributed by atoms with van der Waals surface area (Å²) in [5.74, 6) is 1.77. The van der Waals surface area contributed by atoms with Crippen molar-refractivity contribution in [3.63, 3.8) is 0 Å². The number of aromatic nitrogens is 2. The van der Waals surface area contributed by atoms with Crippen LogP contribution in [0.2, 0.25) is 0 Å². The molecule has 1 aromatic carbocycles. The van der Waals surface area contributed by atoms with E-state index in [0.717, 1.165) is 56.7 Å². The van der Waals surface area contributed by atoms with Gasteiger partial charge in [0, 0.05) is 30.9 Å². The summed E-state index contributed by atoms with van der Waals surface area (Å²) in [5.41, 5.74) is 3.45. The summed E-state index contributed by atoms with van der Waals surface area (Å²) in [7, 11) is -3.28. The van der Waals surface area contributed by atoms with Gasteiger partial charge in [-0.2, -0.15) is 4.31 Å². The third-order valence-electron chi connectivity index (χ3n) is 6.05. The van der Waals surface area contributed by atoms with E-state index in [1.54, 1.807) is 11.2 Å². The Morgan fingerprint density at radius 1 is 1.07 bits per heavy atom. The van der Waals surface area contributed by atoms with Crippen molar-refractivity contribution >= 4 is 15.8 Å². The number of piperidine rings is 1. The Morgan fingerprint density at radius 3 is 2.62 bits per heavy atom. The van der Waals surface area contributed by atoms with Gasteiger partial charge in [-0.3, -0.25) is 0 Å². The lowest BCUT2D eigenvalue weighted by Crippen LogP contribution is -2.40. The molecular weight excluding hydrogens is 384 g/mol. The second-order valence-corrected chi connectivity index (χ2v) is 10.2. The van der Waals surface area contributed by atoms with Crippen molar-refractivity contribution in [3.8, 4) is 0 Å². The summed E-state index contributed by atoms with van der Waals surface area (Å²) in [5, 5.41) is 0. The largest absolute Gasteiger partial charge is 0.352 e. The molecule has 0 spiro atoms. The molecule has 1 saturated heterocycles. The van der Waals surface area contributed by atoms with Crippen LogP contribution in [-0.2, 0) is 23.0 Å². The Hall–Kier alpha value is -1.99. The van der Waals surface area contributed by atoms with Crippen LogP contribution in [0.5, 0.6) is 0 Å². The number of aryl methyl sites for hydroxylation is 1. The molecule has 2 aliphatic rings. The van der Waals surface area contributed by atoms with E-state index < -0.39 is 10.0 Å². The van der Waals surface area contributed by atoms with Gasteiger partial charge in [0.2, 0.25) is 10.0 Å². The van der Waals surface area contributed by atoms with Crippen molar-refractivity contribution < 1.29 is 8.42 Å². The molecule has 2 aliphatic heterocycles. The first kappa shape index (κ1) is 20.3. The molecule has 0 amide bonds. The predicted molar refractivity (Wildman–Crippen MR) is 115 cm³/mol. The molecule has 0 saturated carbocycles. The molecule has 0 aliphatic carbocycles. The van der Waals surface area contributed by atoms with Crippen molar-refractivity contribution in [2.75, 3.05) is 23.7 Å². The fourth-order valence-corrected chi connectivity index (χ4v) is 5.80. The smallest absolute Gasteiger partial charge is 0.214 e. The topological polar surface area (TPSA) is 66.4 Å². The van der Waals surface area contributed by atoms with E-state index in [1.165, 1.54) is 11.1 Å². The number of hydrogen-bond acceptors (Lipinski definition) is 5. The zero-order chi connectivity index (χ0) is 20.4. The molecule has 0 N–H and O–H groups in total. The molecule has 6 nitrogen and oxygen atoms in total. The summed E-state index contributed by atoms with van der Waals surface area (Å²) in [6.07, 6.45) is 4.76. The van der Waals surface area contributed by atoms with E-state index in [4.69, 9.17) is 9.97 Å². The predicted octanol–water partition coefficient (Wildman–Crippen LogP) is 3.61. The summed E-state index contributed by atoms with van der Waals surface area (Å²) in [6.45, 7) is 6.08. The van der Waals surface area contributed by atoms with Gasteiger partial charge >= 0.3 is 0 Å². The van der Waals surface area contributed by atoms with Crippen LogP contribution in [0.1, 0.15) is 61.3 Å². The Kier molecular flexibility index (Phi) is 5.88. The molecular formula is C22H30N4O2S. The van der Waals surface area contributed by atoms with Crippen LogP contribution in [0.15, 0.2) is 30.3 Å². The lowest BCUT2D eigenvalue weighted by atomic mass is 10.0. The molecule has 2 aromatic rings. The van der Waals surface area contributed by atoms with Crippen molar-refractivity contribution in [1.82, 2.24) is 14.3 Å². The fourth-order valence-electron chi connectivity index (χ4n) is 4.48. The molecule has 0 radical (unpaired) electrons. The van der Waals surface area contributed by atoms with Crippen molar-refractivity contribution in [1.29, 1.82) is 0 Å². The van der Waals surface area contributed by atoms with Gasteiger partial charge in [-0.25, -0.2) is 18.4 Å². The average molecular weight is 415 g/mol. The highest BCUT2D eigenvalue weighted by molar-refractivity contribution is 7.89. The third-order valence-corrected chi connectivity index (χ3v) is 7.94.